The second kappa shape index (κ2) is 5.19. The molecule has 1 N–H and O–H groups in total. The Balaban J connectivity index is 2.06. The Morgan fingerprint density at radius 3 is 2.29 bits per heavy atom. The molecule has 1 fully saturated rings. The van der Waals surface area contributed by atoms with E-state index >= 15 is 0 Å². The summed E-state index contributed by atoms with van der Waals surface area (Å²) in [6, 6.07) is 4.07. The highest BCUT2D eigenvalue weighted by Gasteiger charge is 2.15. The SMILES string of the molecule is Cc1cc(CN2CCS(=O)CC2)cc(C)c1O. The summed E-state index contributed by atoms with van der Waals surface area (Å²) in [7, 11) is -0.613. The van der Waals surface area contributed by atoms with Gasteiger partial charge in [0.25, 0.3) is 0 Å². The maximum absolute atomic E-state index is 11.3. The summed E-state index contributed by atoms with van der Waals surface area (Å²) in [5.41, 5.74) is 3.09. The number of aromatic hydroxyl groups is 1. The summed E-state index contributed by atoms with van der Waals surface area (Å²) >= 11 is 0. The molecule has 1 heterocycles. The van der Waals surface area contributed by atoms with Gasteiger partial charge in [-0.05, 0) is 30.5 Å². The Kier molecular flexibility index (Phi) is 3.84. The standard InChI is InChI=1S/C13H19NO2S/c1-10-7-12(8-11(2)13(10)15)9-14-3-5-17(16)6-4-14/h7-8,15H,3-6,9H2,1-2H3. The Hall–Kier alpha value is -0.870. The van der Waals surface area contributed by atoms with Crippen LogP contribution in [0.2, 0.25) is 0 Å². The number of phenols is 1. The number of phenolic OH excluding ortho intramolecular Hbond substituents is 1. The van der Waals surface area contributed by atoms with Gasteiger partial charge in [0, 0.05) is 41.9 Å². The number of rotatable bonds is 2. The molecule has 2 rings (SSSR count). The molecule has 94 valence electrons. The third-order valence-electron chi connectivity index (χ3n) is 3.23. The third kappa shape index (κ3) is 3.07. The van der Waals surface area contributed by atoms with Crippen molar-refractivity contribution in [2.45, 2.75) is 20.4 Å². The van der Waals surface area contributed by atoms with Gasteiger partial charge in [-0.2, -0.15) is 0 Å². The predicted octanol–water partition coefficient (Wildman–Crippen LogP) is 1.57. The van der Waals surface area contributed by atoms with E-state index in [2.05, 4.69) is 4.90 Å². The molecule has 1 aliphatic rings. The number of aryl methyl sites for hydroxylation is 2. The quantitative estimate of drug-likeness (QED) is 0.870. The van der Waals surface area contributed by atoms with Crippen LogP contribution in [0, 0.1) is 13.8 Å². The van der Waals surface area contributed by atoms with E-state index in [0.29, 0.717) is 5.75 Å². The zero-order chi connectivity index (χ0) is 12.4. The minimum Gasteiger partial charge on any atom is -0.507 e. The van der Waals surface area contributed by atoms with Crippen LogP contribution in [0.1, 0.15) is 16.7 Å². The van der Waals surface area contributed by atoms with Gasteiger partial charge in [0.2, 0.25) is 0 Å². The van der Waals surface area contributed by atoms with Crippen LogP contribution in [0.5, 0.6) is 5.75 Å². The van der Waals surface area contributed by atoms with Crippen molar-refractivity contribution in [2.24, 2.45) is 0 Å². The van der Waals surface area contributed by atoms with Crippen molar-refractivity contribution in [1.82, 2.24) is 4.90 Å². The molecule has 17 heavy (non-hydrogen) atoms. The third-order valence-corrected chi connectivity index (χ3v) is 4.50. The number of benzene rings is 1. The van der Waals surface area contributed by atoms with E-state index in [9.17, 15) is 9.32 Å². The lowest BCUT2D eigenvalue weighted by Gasteiger charge is -2.26. The summed E-state index contributed by atoms with van der Waals surface area (Å²) in [5, 5.41) is 9.72. The molecule has 0 unspecified atom stereocenters. The monoisotopic (exact) mass is 253 g/mol. The molecular formula is C13H19NO2S. The average molecular weight is 253 g/mol. The minimum atomic E-state index is -0.613. The largest absolute Gasteiger partial charge is 0.507 e. The fourth-order valence-corrected chi connectivity index (χ4v) is 3.36. The van der Waals surface area contributed by atoms with E-state index in [1.165, 1.54) is 5.56 Å². The van der Waals surface area contributed by atoms with Crippen molar-refractivity contribution < 1.29 is 9.32 Å². The first kappa shape index (κ1) is 12.6. The maximum Gasteiger partial charge on any atom is 0.121 e. The van der Waals surface area contributed by atoms with E-state index in [1.54, 1.807) is 0 Å². The number of nitrogens with zero attached hydrogens (tertiary/aromatic N) is 1. The zero-order valence-corrected chi connectivity index (χ0v) is 11.2. The first-order valence-electron chi connectivity index (χ1n) is 5.92. The molecule has 0 aliphatic carbocycles. The Labute approximate surface area is 105 Å². The van der Waals surface area contributed by atoms with Gasteiger partial charge in [0.1, 0.15) is 5.75 Å². The first-order chi connectivity index (χ1) is 8.06. The summed E-state index contributed by atoms with van der Waals surface area (Å²) in [6.07, 6.45) is 0. The molecule has 0 radical (unpaired) electrons. The summed E-state index contributed by atoms with van der Waals surface area (Å²) in [5.74, 6) is 1.97. The van der Waals surface area contributed by atoms with Gasteiger partial charge in [0.05, 0.1) is 0 Å². The van der Waals surface area contributed by atoms with Crippen molar-refractivity contribution in [3.63, 3.8) is 0 Å². The van der Waals surface area contributed by atoms with Crippen molar-refractivity contribution >= 4 is 10.8 Å². The fraction of sp³-hybridized carbons (Fsp3) is 0.538. The highest BCUT2D eigenvalue weighted by molar-refractivity contribution is 7.85. The fourth-order valence-electron chi connectivity index (χ4n) is 2.23. The van der Waals surface area contributed by atoms with E-state index < -0.39 is 10.8 Å². The van der Waals surface area contributed by atoms with Crippen molar-refractivity contribution in [2.75, 3.05) is 24.6 Å². The molecule has 0 atom stereocenters. The van der Waals surface area contributed by atoms with Gasteiger partial charge in [0.15, 0.2) is 0 Å². The second-order valence-corrected chi connectivity index (χ2v) is 6.40. The molecular weight excluding hydrogens is 234 g/mol. The molecule has 0 saturated carbocycles. The van der Waals surface area contributed by atoms with Crippen LogP contribution in [0.25, 0.3) is 0 Å². The molecule has 1 saturated heterocycles. The van der Waals surface area contributed by atoms with Gasteiger partial charge in [-0.1, -0.05) is 12.1 Å². The maximum atomic E-state index is 11.3. The van der Waals surface area contributed by atoms with Crippen LogP contribution < -0.4 is 0 Å². The van der Waals surface area contributed by atoms with Crippen LogP contribution in [0.15, 0.2) is 12.1 Å². The molecule has 0 spiro atoms. The van der Waals surface area contributed by atoms with Gasteiger partial charge in [-0.15, -0.1) is 0 Å². The molecule has 4 heteroatoms. The predicted molar refractivity (Wildman–Crippen MR) is 70.7 cm³/mol. The second-order valence-electron chi connectivity index (χ2n) is 4.70. The van der Waals surface area contributed by atoms with Crippen LogP contribution >= 0.6 is 0 Å². The summed E-state index contributed by atoms with van der Waals surface area (Å²) < 4.78 is 11.3. The Morgan fingerprint density at radius 2 is 1.76 bits per heavy atom. The van der Waals surface area contributed by atoms with Crippen molar-refractivity contribution in [3.8, 4) is 5.75 Å². The molecule has 0 bridgehead atoms. The van der Waals surface area contributed by atoms with Crippen LogP contribution in [-0.2, 0) is 17.3 Å². The lowest BCUT2D eigenvalue weighted by molar-refractivity contribution is 0.291. The molecule has 1 aliphatic heterocycles. The number of hydrogen-bond acceptors (Lipinski definition) is 3. The zero-order valence-electron chi connectivity index (χ0n) is 10.4. The van der Waals surface area contributed by atoms with E-state index in [4.69, 9.17) is 0 Å². The van der Waals surface area contributed by atoms with E-state index in [-0.39, 0.29) is 0 Å². The Morgan fingerprint density at radius 1 is 1.24 bits per heavy atom. The smallest absolute Gasteiger partial charge is 0.121 e. The average Bonchev–Trinajstić information content (AvgIpc) is 2.29. The first-order valence-corrected chi connectivity index (χ1v) is 7.41. The van der Waals surface area contributed by atoms with E-state index in [0.717, 1.165) is 42.3 Å². The molecule has 0 aromatic heterocycles. The van der Waals surface area contributed by atoms with Gasteiger partial charge >= 0.3 is 0 Å². The van der Waals surface area contributed by atoms with Crippen LogP contribution in [0.4, 0.5) is 0 Å². The highest BCUT2D eigenvalue weighted by Crippen LogP contribution is 2.23. The van der Waals surface area contributed by atoms with E-state index in [1.807, 2.05) is 26.0 Å². The lowest BCUT2D eigenvalue weighted by Crippen LogP contribution is -2.37. The highest BCUT2D eigenvalue weighted by atomic mass is 32.2. The summed E-state index contributed by atoms with van der Waals surface area (Å²) in [6.45, 7) is 6.56. The lowest BCUT2D eigenvalue weighted by atomic mass is 10.1. The van der Waals surface area contributed by atoms with Crippen molar-refractivity contribution in [3.05, 3.63) is 28.8 Å². The Bertz CT molecular complexity index is 412. The molecule has 0 amide bonds. The molecule has 1 aromatic carbocycles. The number of hydrogen-bond donors (Lipinski definition) is 1. The van der Waals surface area contributed by atoms with Gasteiger partial charge in [-0.25, -0.2) is 0 Å². The molecule has 1 aromatic rings. The van der Waals surface area contributed by atoms with Crippen molar-refractivity contribution in [1.29, 1.82) is 0 Å². The topological polar surface area (TPSA) is 40.5 Å². The van der Waals surface area contributed by atoms with Crippen LogP contribution in [0.3, 0.4) is 0 Å². The van der Waals surface area contributed by atoms with Gasteiger partial charge in [-0.3, -0.25) is 9.11 Å². The molecule has 3 nitrogen and oxygen atoms in total. The normalized spacial score (nSPS) is 18.5. The van der Waals surface area contributed by atoms with Crippen LogP contribution in [-0.4, -0.2) is 38.8 Å². The van der Waals surface area contributed by atoms with Gasteiger partial charge < -0.3 is 5.11 Å². The minimum absolute atomic E-state index is 0.397. The summed E-state index contributed by atoms with van der Waals surface area (Å²) in [4.78, 5) is 2.33.